The predicted molar refractivity (Wildman–Crippen MR) is 76.5 cm³/mol. The number of aromatic carboxylic acids is 1. The summed E-state index contributed by atoms with van der Waals surface area (Å²) in [5, 5.41) is 8.83. The fourth-order valence-corrected chi connectivity index (χ4v) is 3.52. The number of benzene rings is 1. The van der Waals surface area contributed by atoms with Crippen molar-refractivity contribution in [1.29, 1.82) is 0 Å². The molecule has 0 amide bonds. The van der Waals surface area contributed by atoms with Gasteiger partial charge in [0, 0.05) is 6.61 Å². The summed E-state index contributed by atoms with van der Waals surface area (Å²) >= 11 is 0. The monoisotopic (exact) mass is 369 g/mol. The van der Waals surface area contributed by atoms with E-state index in [-0.39, 0.29) is 0 Å². The molecular weight excluding hydrogens is 355 g/mol. The normalized spacial score (nSPS) is 18.4. The van der Waals surface area contributed by atoms with E-state index in [4.69, 9.17) is 9.84 Å². The Bertz CT molecular complexity index is 713. The number of carboxylic acids is 1. The minimum Gasteiger partial charge on any atom is -0.478 e. The quantitative estimate of drug-likeness (QED) is 0.797. The van der Waals surface area contributed by atoms with Crippen LogP contribution < -0.4 is 9.46 Å². The SMILES string of the molecule is O=C(O)c1ccc(NS(=O)(=O)CC2CCCO2)c(OC(F)(F)F)c1. The summed E-state index contributed by atoms with van der Waals surface area (Å²) in [4.78, 5) is 10.9. The lowest BCUT2D eigenvalue weighted by Gasteiger charge is -2.16. The summed E-state index contributed by atoms with van der Waals surface area (Å²) in [7, 11) is -4.00. The number of alkyl halides is 3. The smallest absolute Gasteiger partial charge is 0.478 e. The van der Waals surface area contributed by atoms with Crippen molar-refractivity contribution in [2.75, 3.05) is 17.1 Å². The number of nitrogens with one attached hydrogen (secondary N) is 1. The Morgan fingerprint density at radius 2 is 2.12 bits per heavy atom. The van der Waals surface area contributed by atoms with E-state index in [1.807, 2.05) is 4.72 Å². The molecule has 1 atom stereocenters. The van der Waals surface area contributed by atoms with E-state index in [2.05, 4.69) is 4.74 Å². The summed E-state index contributed by atoms with van der Waals surface area (Å²) in [6.45, 7) is 0.427. The molecule has 134 valence electrons. The van der Waals surface area contributed by atoms with Gasteiger partial charge in [0.25, 0.3) is 0 Å². The van der Waals surface area contributed by atoms with Crippen molar-refractivity contribution in [3.05, 3.63) is 23.8 Å². The molecule has 0 spiro atoms. The van der Waals surface area contributed by atoms with Gasteiger partial charge in [-0.1, -0.05) is 0 Å². The summed E-state index contributed by atoms with van der Waals surface area (Å²) in [5.74, 6) is -2.84. The molecule has 24 heavy (non-hydrogen) atoms. The van der Waals surface area contributed by atoms with Gasteiger partial charge in [-0.3, -0.25) is 4.72 Å². The number of hydrogen-bond donors (Lipinski definition) is 2. The largest absolute Gasteiger partial charge is 0.573 e. The summed E-state index contributed by atoms with van der Waals surface area (Å²) in [6, 6.07) is 2.47. The Labute approximate surface area is 135 Å². The van der Waals surface area contributed by atoms with Gasteiger partial charge >= 0.3 is 12.3 Å². The van der Waals surface area contributed by atoms with Crippen molar-refractivity contribution >= 4 is 21.7 Å². The average molecular weight is 369 g/mol. The van der Waals surface area contributed by atoms with Crippen LogP contribution in [0.5, 0.6) is 5.75 Å². The van der Waals surface area contributed by atoms with Crippen LogP contribution in [-0.2, 0) is 14.8 Å². The van der Waals surface area contributed by atoms with E-state index in [0.717, 1.165) is 12.1 Å². The standard InChI is InChI=1S/C13H14F3NO6S/c14-13(15,16)23-11-6-8(12(18)19)3-4-10(11)17-24(20,21)7-9-2-1-5-22-9/h3-4,6,9,17H,1-2,5,7H2,(H,18,19). The maximum Gasteiger partial charge on any atom is 0.573 e. The van der Waals surface area contributed by atoms with Gasteiger partial charge in [-0.2, -0.15) is 0 Å². The second-order valence-electron chi connectivity index (χ2n) is 5.08. The third-order valence-electron chi connectivity index (χ3n) is 3.15. The van der Waals surface area contributed by atoms with Crippen molar-refractivity contribution in [2.24, 2.45) is 0 Å². The highest BCUT2D eigenvalue weighted by atomic mass is 32.2. The highest BCUT2D eigenvalue weighted by Crippen LogP contribution is 2.32. The van der Waals surface area contributed by atoms with Gasteiger partial charge < -0.3 is 14.6 Å². The minimum absolute atomic E-state index is 0.418. The first-order valence-corrected chi connectivity index (χ1v) is 8.46. The number of carboxylic acid groups (broad SMARTS) is 1. The van der Waals surface area contributed by atoms with E-state index < -0.39 is 51.2 Å². The molecule has 2 N–H and O–H groups in total. The Morgan fingerprint density at radius 3 is 2.67 bits per heavy atom. The molecule has 1 heterocycles. The van der Waals surface area contributed by atoms with Gasteiger partial charge in [0.1, 0.15) is 0 Å². The molecule has 0 radical (unpaired) electrons. The van der Waals surface area contributed by atoms with Crippen LogP contribution in [0.15, 0.2) is 18.2 Å². The zero-order chi connectivity index (χ0) is 18.0. The van der Waals surface area contributed by atoms with Crippen molar-refractivity contribution < 1.29 is 41.0 Å². The van der Waals surface area contributed by atoms with E-state index in [0.29, 0.717) is 25.5 Å². The highest BCUT2D eigenvalue weighted by molar-refractivity contribution is 7.92. The maximum absolute atomic E-state index is 12.4. The number of anilines is 1. The van der Waals surface area contributed by atoms with Gasteiger partial charge in [-0.15, -0.1) is 13.2 Å². The molecule has 1 aliphatic rings. The van der Waals surface area contributed by atoms with Gasteiger partial charge in [0.05, 0.1) is 23.1 Å². The Kier molecular flexibility index (Phi) is 5.23. The average Bonchev–Trinajstić information content (AvgIpc) is 2.90. The number of rotatable bonds is 6. The van der Waals surface area contributed by atoms with E-state index >= 15 is 0 Å². The number of halogens is 3. The lowest BCUT2D eigenvalue weighted by atomic mass is 10.2. The Hall–Kier alpha value is -2.01. The molecule has 2 rings (SSSR count). The summed E-state index contributed by atoms with van der Waals surface area (Å²) in [5.41, 5.74) is -0.980. The van der Waals surface area contributed by atoms with Crippen LogP contribution in [0.1, 0.15) is 23.2 Å². The molecule has 1 saturated heterocycles. The van der Waals surface area contributed by atoms with Gasteiger partial charge in [-0.25, -0.2) is 13.2 Å². The summed E-state index contributed by atoms with van der Waals surface area (Å²) < 4.78 is 72.3. The Morgan fingerprint density at radius 1 is 1.42 bits per heavy atom. The van der Waals surface area contributed by atoms with Gasteiger partial charge in [0.15, 0.2) is 5.75 Å². The number of sulfonamides is 1. The molecule has 0 aliphatic carbocycles. The van der Waals surface area contributed by atoms with Crippen molar-refractivity contribution in [1.82, 2.24) is 0 Å². The van der Waals surface area contributed by atoms with Crippen LogP contribution >= 0.6 is 0 Å². The topological polar surface area (TPSA) is 102 Å². The van der Waals surface area contributed by atoms with Crippen molar-refractivity contribution in [2.45, 2.75) is 25.3 Å². The van der Waals surface area contributed by atoms with Crippen LogP contribution in [0.4, 0.5) is 18.9 Å². The van der Waals surface area contributed by atoms with Crippen LogP contribution in [0.25, 0.3) is 0 Å². The second kappa shape index (κ2) is 6.85. The first-order chi connectivity index (χ1) is 11.1. The molecule has 11 heteroatoms. The molecule has 1 fully saturated rings. The lowest BCUT2D eigenvalue weighted by molar-refractivity contribution is -0.274. The third-order valence-corrected chi connectivity index (χ3v) is 4.49. The fraction of sp³-hybridized carbons (Fsp3) is 0.462. The molecule has 0 aromatic heterocycles. The maximum atomic E-state index is 12.4. The fourth-order valence-electron chi connectivity index (χ4n) is 2.18. The molecular formula is C13H14F3NO6S. The number of carbonyl (C=O) groups is 1. The van der Waals surface area contributed by atoms with Crippen LogP contribution in [0.2, 0.25) is 0 Å². The minimum atomic E-state index is -5.11. The summed E-state index contributed by atoms with van der Waals surface area (Å²) in [6.07, 6.45) is -4.40. The predicted octanol–water partition coefficient (Wildman–Crippen LogP) is 2.20. The molecule has 0 bridgehead atoms. The second-order valence-corrected chi connectivity index (χ2v) is 6.85. The van der Waals surface area contributed by atoms with E-state index in [1.165, 1.54) is 0 Å². The van der Waals surface area contributed by atoms with Gasteiger partial charge in [-0.05, 0) is 31.0 Å². The molecule has 1 aliphatic heterocycles. The highest BCUT2D eigenvalue weighted by Gasteiger charge is 2.33. The first kappa shape index (κ1) is 18.3. The number of hydrogen-bond acceptors (Lipinski definition) is 5. The number of ether oxygens (including phenoxy) is 2. The zero-order valence-corrected chi connectivity index (χ0v) is 13.0. The van der Waals surface area contributed by atoms with E-state index in [1.54, 1.807) is 0 Å². The Balaban J connectivity index is 2.25. The third kappa shape index (κ3) is 5.27. The van der Waals surface area contributed by atoms with Crippen LogP contribution in [0.3, 0.4) is 0 Å². The molecule has 0 saturated carbocycles. The zero-order valence-electron chi connectivity index (χ0n) is 12.2. The van der Waals surface area contributed by atoms with Crippen molar-refractivity contribution in [3.8, 4) is 5.75 Å². The van der Waals surface area contributed by atoms with E-state index in [9.17, 15) is 26.4 Å². The van der Waals surface area contributed by atoms with Crippen molar-refractivity contribution in [3.63, 3.8) is 0 Å². The lowest BCUT2D eigenvalue weighted by Crippen LogP contribution is -2.26. The first-order valence-electron chi connectivity index (χ1n) is 6.81. The molecule has 1 unspecified atom stereocenters. The molecule has 1 aromatic rings. The van der Waals surface area contributed by atoms with Gasteiger partial charge in [0.2, 0.25) is 10.0 Å². The van der Waals surface area contributed by atoms with Crippen LogP contribution in [-0.4, -0.2) is 44.3 Å². The molecule has 1 aromatic carbocycles. The van der Waals surface area contributed by atoms with Crippen LogP contribution in [0, 0.1) is 0 Å². The molecule has 7 nitrogen and oxygen atoms in total.